The maximum absolute atomic E-state index is 13.2. The Bertz CT molecular complexity index is 5900. The van der Waals surface area contributed by atoms with E-state index in [1.165, 1.54) is 73.3 Å². The number of nitrogens with zero attached hydrogens (tertiary/aromatic N) is 4. The summed E-state index contributed by atoms with van der Waals surface area (Å²) in [5.74, 6) is 1.32. The van der Waals surface area contributed by atoms with Gasteiger partial charge in [-0.15, -0.1) is 0 Å². The molecule has 8 aromatic carbocycles. The molecule has 52 heteroatoms. The first-order chi connectivity index (χ1) is 67.2. The summed E-state index contributed by atoms with van der Waals surface area (Å²) in [4.78, 5) is 111. The summed E-state index contributed by atoms with van der Waals surface area (Å²) >= 11 is 0. The number of aromatic nitrogens is 2. The minimum Gasteiger partial charge on any atom is -0.662 e. The number of carbonyl (C=O) groups is 7. The smallest absolute Gasteiger partial charge is 0.662 e. The van der Waals surface area contributed by atoms with Crippen molar-refractivity contribution in [3.8, 4) is 62.9 Å². The molecule has 2 saturated heterocycles. The van der Waals surface area contributed by atoms with Crippen LogP contribution in [0.5, 0.6) is 40.2 Å². The largest absolute Gasteiger partial charge is 1.00 e. The molecular weight excluding hydrogens is 2050 g/mol. The predicted octanol–water partition coefficient (Wildman–Crippen LogP) is 13.0. The summed E-state index contributed by atoms with van der Waals surface area (Å²) in [5, 5.41) is 56.0. The molecule has 0 aliphatic carbocycles. The van der Waals surface area contributed by atoms with Crippen molar-refractivity contribution >= 4 is 103 Å². The standard InChI is InChI=1S/C30H30N4O7.C29H37N4O9P.C15H13NO5.C8H7NO5.C6H12F3O6PS.CH2O3.Cs/c1-37-27-24(26-16-31-19-40-26)10-11-25(28(27)39-17-20-6-3-2-4-7-20)34-29(35)33-22-9-5-8-21(14-22)15-32-30(36)41-23-12-13-38-18-23;1-4-40-43(36,41-5-2)14-12-23-25(10-9-24(27(23)37-3)26-17-30-19-39-26)33-28(34)32-21-8-6-7-20(15-21)16-31-29(35)42-22-11-13-38-18-22;1-20-14-12(9-17)7-8-13(16(18)19)15(14)21-10-11-5-3-2-4-6-11;1-14-8-5(4-10)2-3-6(7(8)11)9(12)13;1-3-13-16(10,14-4-2)5-15-17(11,12)6(7,8)9;2-1-4-3;/h2-11,14,16,19,23H,12-13,15,17-18H2,1H3,(H,32,36)(H2,33,34,35);6-10,15,17,19,22H,4-5,11-14,16,18H2,1-3H3,(H,31,35)(H2,32,33,34);2-9H,10H2,1H3;2-4,11H,1H3;3-5H2,1-2H3;1,3H;/q;;;;;;+1/p-1/t23-;22-;;;;;/m00...../s1. The Morgan fingerprint density at radius 3 is 1.38 bits per heavy atom. The predicted molar refractivity (Wildman–Crippen MR) is 492 cm³/mol. The Morgan fingerprint density at radius 2 is 0.965 bits per heavy atom. The number of methoxy groups -OCH3 is 4. The molecule has 6 amide bonds. The number of nitro groups is 2. The summed E-state index contributed by atoms with van der Waals surface area (Å²) in [7, 11) is -7.61. The second-order valence-electron chi connectivity index (χ2n) is 28.1. The molecule has 4 heterocycles. The Hall–Kier alpha value is -12.6. The van der Waals surface area contributed by atoms with Crippen molar-refractivity contribution < 1.29 is 237 Å². The molecule has 45 nitrogen and oxygen atoms in total. The van der Waals surface area contributed by atoms with Gasteiger partial charge in [-0.05, 0) is 117 Å². The maximum atomic E-state index is 13.2. The first kappa shape index (κ1) is 117. The van der Waals surface area contributed by atoms with E-state index in [4.69, 9.17) is 70.6 Å². The number of hydrogen-bond acceptors (Lipinski definition) is 37. The molecule has 7 N–H and O–H groups in total. The van der Waals surface area contributed by atoms with Gasteiger partial charge in [0.25, 0.3) is 6.47 Å². The number of anilines is 4. The van der Waals surface area contributed by atoms with E-state index in [0.717, 1.165) is 28.3 Å². The van der Waals surface area contributed by atoms with Crippen molar-refractivity contribution in [3.63, 3.8) is 0 Å². The molecule has 0 spiro atoms. The van der Waals surface area contributed by atoms with E-state index in [9.17, 15) is 84.8 Å². The number of aldehydes is 2. The zero-order valence-corrected chi connectivity index (χ0v) is 86.2. The number of nitro benzene ring substituents is 2. The van der Waals surface area contributed by atoms with Crippen LogP contribution in [0.2, 0.25) is 0 Å². The van der Waals surface area contributed by atoms with Gasteiger partial charge in [0.1, 0.15) is 31.2 Å². The maximum Gasteiger partial charge on any atom is 1.00 e. The minimum absolute atomic E-state index is 0. The molecule has 2 fully saturated rings. The summed E-state index contributed by atoms with van der Waals surface area (Å²) in [5.41, 5.74) is 1.01. The van der Waals surface area contributed by atoms with Crippen molar-refractivity contribution in [3.05, 3.63) is 242 Å². The second-order valence-corrected chi connectivity index (χ2v) is 33.9. The number of aromatic hydroxyl groups is 1. The van der Waals surface area contributed by atoms with Gasteiger partial charge in [-0.1, -0.05) is 84.9 Å². The molecular formula is C89H100CsF3N10O35P2S. The average Bonchev–Trinajstić information content (AvgIpc) is 1.77. The normalized spacial score (nSPS) is 12.9. The third kappa shape index (κ3) is 37.7. The van der Waals surface area contributed by atoms with Gasteiger partial charge < -0.3 is 121 Å². The fourth-order valence-corrected chi connectivity index (χ4v) is 16.3. The van der Waals surface area contributed by atoms with Crippen LogP contribution in [0.1, 0.15) is 89.1 Å². The number of benzene rings is 8. The van der Waals surface area contributed by atoms with Gasteiger partial charge in [0.2, 0.25) is 11.5 Å². The molecule has 2 atom stereocenters. The zero-order valence-electron chi connectivity index (χ0n) is 77.3. The van der Waals surface area contributed by atoms with Crippen LogP contribution in [0.4, 0.5) is 66.5 Å². The molecule has 10 aromatic rings. The number of phenolic OH excluding ortho intramolecular Hbond substituents is 1. The number of rotatable bonds is 41. The first-order valence-electron chi connectivity index (χ1n) is 41.8. The van der Waals surface area contributed by atoms with Gasteiger partial charge >= 0.3 is 135 Å². The molecule has 2 aromatic heterocycles. The topological polar surface area (TPSA) is 589 Å². The first-order valence-corrected chi connectivity index (χ1v) is 46.7. The summed E-state index contributed by atoms with van der Waals surface area (Å²) < 4.78 is 170. The van der Waals surface area contributed by atoms with Crippen LogP contribution in [0.15, 0.2) is 192 Å². The number of oxazole rings is 2. The van der Waals surface area contributed by atoms with E-state index >= 15 is 0 Å². The van der Waals surface area contributed by atoms with Crippen molar-refractivity contribution in [1.29, 1.82) is 0 Å². The summed E-state index contributed by atoms with van der Waals surface area (Å²) in [6.45, 7) is 9.19. The van der Waals surface area contributed by atoms with E-state index in [1.54, 1.807) is 86.9 Å². The zero-order chi connectivity index (χ0) is 102. The van der Waals surface area contributed by atoms with Crippen LogP contribution in [0, 0.1) is 20.2 Å². The van der Waals surface area contributed by atoms with E-state index in [2.05, 4.69) is 64.7 Å². The Labute approximate surface area is 863 Å². The van der Waals surface area contributed by atoms with Crippen LogP contribution in [0.3, 0.4) is 0 Å². The number of phenols is 1. The third-order valence-electron chi connectivity index (χ3n) is 18.6. The quantitative estimate of drug-likeness (QED) is 0.00356. The second kappa shape index (κ2) is 60.5. The van der Waals surface area contributed by atoms with Gasteiger partial charge in [0.15, 0.2) is 66.2 Å². The fourth-order valence-electron chi connectivity index (χ4n) is 12.5. The number of hydrogen-bond donors (Lipinski definition) is 7. The molecule has 0 bridgehead atoms. The minimum atomic E-state index is -5.80. The van der Waals surface area contributed by atoms with Gasteiger partial charge in [-0.25, -0.2) is 29.1 Å². The molecule has 141 heavy (non-hydrogen) atoms. The Balaban J connectivity index is 0.000000284. The number of alkyl carbamates (subject to hydrolysis) is 2. The fraction of sp³-hybridized carbons (Fsp3) is 0.315. The van der Waals surface area contributed by atoms with Gasteiger partial charge in [0, 0.05) is 60.7 Å². The summed E-state index contributed by atoms with van der Waals surface area (Å²) in [6, 6.07) is 43.8. The van der Waals surface area contributed by atoms with Gasteiger partial charge in [-0.2, -0.15) is 21.6 Å². The number of ether oxygens (including phenoxy) is 10. The molecule has 2 aliphatic rings. The number of nitrogens with one attached hydrogen (secondary N) is 6. The summed E-state index contributed by atoms with van der Waals surface area (Å²) in [6.07, 6.45) is 5.60. The van der Waals surface area contributed by atoms with Crippen LogP contribution < -0.4 is 134 Å². The monoisotopic (exact) mass is 2150 g/mol. The van der Waals surface area contributed by atoms with Crippen LogP contribution >= 0.6 is 15.2 Å². The van der Waals surface area contributed by atoms with E-state index in [1.807, 2.05) is 72.8 Å². The van der Waals surface area contributed by atoms with Crippen LogP contribution in [0.25, 0.3) is 22.6 Å². The van der Waals surface area contributed by atoms with Crippen molar-refractivity contribution in [1.82, 2.24) is 20.6 Å². The van der Waals surface area contributed by atoms with Crippen molar-refractivity contribution in [2.45, 2.75) is 91.0 Å². The van der Waals surface area contributed by atoms with E-state index < -0.39 is 82.7 Å². The molecule has 0 radical (unpaired) electrons. The van der Waals surface area contributed by atoms with Crippen LogP contribution in [-0.4, -0.2) is 188 Å². The number of urea groups is 2. The number of carbonyl (C=O) groups excluding carboxylic acids is 7. The SMILES string of the molecule is CCOP(=O)(CCc1c(NC(=O)Nc2cccc(CNC(=O)O[C@H]3CCOC3)c2)ccc(-c2cnco2)c1OC)OCC.CCOP(=O)(COS(=O)(=O)C(F)(F)F)OCC.COc1c(-c2cnco2)ccc(NC(=O)Nc2cccc(CNC(=O)O[C@H]3CCOC3)c2)c1OCc1ccccc1.COc1c(C=O)ccc([N+](=O)[O-])c1O.COc1c(C=O)ccc([N+](=O)[O-])c1OCc1ccccc1.O=CO[O-].[Cs+]. The average molecular weight is 2150 g/mol. The molecule has 754 valence electrons. The van der Waals surface area contributed by atoms with E-state index in [-0.39, 0.29) is 187 Å². The molecule has 2 aliphatic heterocycles. The number of halogens is 3. The number of alkyl halides is 3. The Kier molecular flexibility index (Phi) is 50.3. The molecule has 12 rings (SSSR count). The Morgan fingerprint density at radius 1 is 0.539 bits per heavy atom. The molecule has 0 unspecified atom stereocenters. The molecule has 0 saturated carbocycles. The van der Waals surface area contributed by atoms with Gasteiger partial charge in [0.05, 0.1) is 138 Å². The third-order valence-corrected chi connectivity index (χ3v) is 23.6. The number of amides is 6. The van der Waals surface area contributed by atoms with Crippen molar-refractivity contribution in [2.75, 3.05) is 115 Å². The van der Waals surface area contributed by atoms with E-state index in [0.29, 0.717) is 120 Å². The van der Waals surface area contributed by atoms with Crippen LogP contribution in [-0.2, 0) is 103 Å². The van der Waals surface area contributed by atoms with Gasteiger partial charge in [-0.3, -0.25) is 47.9 Å². The van der Waals surface area contributed by atoms with Crippen molar-refractivity contribution in [2.24, 2.45) is 0 Å².